The van der Waals surface area contributed by atoms with Crippen molar-refractivity contribution < 1.29 is 19.1 Å². The van der Waals surface area contributed by atoms with Gasteiger partial charge < -0.3 is 15.3 Å². The second kappa shape index (κ2) is 9.96. The van der Waals surface area contributed by atoms with Crippen LogP contribution in [0.15, 0.2) is 12.1 Å². The summed E-state index contributed by atoms with van der Waals surface area (Å²) in [5, 5.41) is 12.2. The summed E-state index contributed by atoms with van der Waals surface area (Å²) in [4.78, 5) is 27.5. The highest BCUT2D eigenvalue weighted by Gasteiger charge is 2.36. The van der Waals surface area contributed by atoms with E-state index in [2.05, 4.69) is 5.32 Å². The van der Waals surface area contributed by atoms with E-state index < -0.39 is 5.97 Å². The molecule has 0 unspecified atom stereocenters. The molecule has 1 saturated carbocycles. The fourth-order valence-corrected chi connectivity index (χ4v) is 5.10. The molecule has 2 heterocycles. The second-order valence-corrected chi connectivity index (χ2v) is 8.55. The maximum atomic E-state index is 14.7. The van der Waals surface area contributed by atoms with Gasteiger partial charge in [0.15, 0.2) is 0 Å². The molecule has 2 N–H and O–H groups in total. The Hall–Kier alpha value is -1.86. The number of rotatable bonds is 5. The molecule has 2 amide bonds. The van der Waals surface area contributed by atoms with Crippen LogP contribution in [-0.2, 0) is 17.6 Å². The number of fused-ring (bicyclic) bond motifs is 1. The van der Waals surface area contributed by atoms with Crippen LogP contribution >= 0.6 is 12.4 Å². The summed E-state index contributed by atoms with van der Waals surface area (Å²) in [6, 6.07) is 3.71. The van der Waals surface area contributed by atoms with Crippen molar-refractivity contribution >= 4 is 30.1 Å². The number of carbonyl (C=O) groups excluding carboxylic acids is 1. The highest BCUT2D eigenvalue weighted by atomic mass is 35.5. The maximum Gasteiger partial charge on any atom is 0.324 e. The smallest absolute Gasteiger partial charge is 0.324 e. The molecule has 0 aromatic heterocycles. The second-order valence-electron chi connectivity index (χ2n) is 8.55. The van der Waals surface area contributed by atoms with Crippen LogP contribution in [-0.4, -0.2) is 54.2 Å². The van der Waals surface area contributed by atoms with Gasteiger partial charge in [0.05, 0.1) is 0 Å². The topological polar surface area (TPSA) is 72.9 Å². The summed E-state index contributed by atoms with van der Waals surface area (Å²) in [5.41, 5.74) is 2.46. The molecule has 1 aliphatic carbocycles. The van der Waals surface area contributed by atoms with E-state index >= 15 is 0 Å². The van der Waals surface area contributed by atoms with Crippen LogP contribution in [0.4, 0.5) is 14.9 Å². The van der Waals surface area contributed by atoms with Gasteiger partial charge in [-0.15, -0.1) is 12.4 Å². The van der Waals surface area contributed by atoms with Crippen LogP contribution in [0, 0.1) is 11.7 Å². The summed E-state index contributed by atoms with van der Waals surface area (Å²) in [6.45, 7) is 2.88. The number of hydrogen-bond acceptors (Lipinski definition) is 3. The number of hydrogen-bond donors (Lipinski definition) is 2. The van der Waals surface area contributed by atoms with Crippen LogP contribution in [0.1, 0.15) is 49.7 Å². The molecule has 8 heteroatoms. The minimum absolute atomic E-state index is 0. The van der Waals surface area contributed by atoms with E-state index in [0.29, 0.717) is 31.1 Å². The summed E-state index contributed by atoms with van der Waals surface area (Å²) < 4.78 is 14.7. The number of carboxylic acid groups (broad SMARTS) is 1. The summed E-state index contributed by atoms with van der Waals surface area (Å²) in [6.07, 6.45) is 6.22. The number of anilines is 1. The van der Waals surface area contributed by atoms with E-state index in [1.54, 1.807) is 4.90 Å². The lowest BCUT2D eigenvalue weighted by Gasteiger charge is -2.34. The van der Waals surface area contributed by atoms with Gasteiger partial charge in [0.1, 0.15) is 5.82 Å². The Morgan fingerprint density at radius 1 is 1.13 bits per heavy atom. The molecule has 0 bridgehead atoms. The van der Waals surface area contributed by atoms with Crippen LogP contribution < -0.4 is 10.2 Å². The average molecular weight is 440 g/mol. The molecule has 1 aromatic carbocycles. The molecule has 1 saturated heterocycles. The zero-order valence-electron chi connectivity index (χ0n) is 17.2. The van der Waals surface area contributed by atoms with Gasteiger partial charge in [-0.1, -0.05) is 0 Å². The molecule has 0 spiro atoms. The largest absolute Gasteiger partial charge is 0.481 e. The third-order valence-electron chi connectivity index (χ3n) is 6.77. The van der Waals surface area contributed by atoms with Gasteiger partial charge in [-0.25, -0.2) is 9.18 Å². The Balaban J connectivity index is 0.00000256. The third kappa shape index (κ3) is 4.89. The maximum absolute atomic E-state index is 14.7. The van der Waals surface area contributed by atoms with Crippen molar-refractivity contribution in [3.05, 3.63) is 29.1 Å². The Kier molecular flexibility index (Phi) is 7.58. The lowest BCUT2D eigenvalue weighted by molar-refractivity contribution is -0.137. The van der Waals surface area contributed by atoms with Crippen molar-refractivity contribution in [3.63, 3.8) is 0 Å². The van der Waals surface area contributed by atoms with Crippen molar-refractivity contribution in [3.8, 4) is 0 Å². The quantitative estimate of drug-likeness (QED) is 0.735. The Bertz CT molecular complexity index is 783. The standard InChI is InChI=1S/C22H30FN3O3.ClH/c23-20-14-18(13-16-7-9-24-10-8-19(16)20)26-12-11-25(22(26)29)17-4-1-15(2-5-17)3-6-21(27)28;/h13-15,17,24H,1-12H2,(H,27,28);1H/t15-,17-;. The lowest BCUT2D eigenvalue weighted by atomic mass is 9.83. The summed E-state index contributed by atoms with van der Waals surface area (Å²) in [7, 11) is 0. The molecule has 2 fully saturated rings. The molecule has 0 radical (unpaired) electrons. The number of halogens is 2. The van der Waals surface area contributed by atoms with Gasteiger partial charge >= 0.3 is 12.0 Å². The van der Waals surface area contributed by atoms with E-state index in [9.17, 15) is 14.0 Å². The number of benzene rings is 1. The first-order valence-electron chi connectivity index (χ1n) is 10.8. The number of carboxylic acids is 1. The molecule has 166 valence electrons. The molecule has 6 nitrogen and oxygen atoms in total. The van der Waals surface area contributed by atoms with Crippen LogP contribution in [0.2, 0.25) is 0 Å². The van der Waals surface area contributed by atoms with Crippen molar-refractivity contribution in [1.29, 1.82) is 0 Å². The zero-order valence-corrected chi connectivity index (χ0v) is 18.1. The number of urea groups is 1. The van der Waals surface area contributed by atoms with Crippen molar-refractivity contribution in [2.24, 2.45) is 5.92 Å². The fourth-order valence-electron chi connectivity index (χ4n) is 5.10. The molecule has 0 atom stereocenters. The summed E-state index contributed by atoms with van der Waals surface area (Å²) >= 11 is 0. The van der Waals surface area contributed by atoms with E-state index in [4.69, 9.17) is 5.11 Å². The highest BCUT2D eigenvalue weighted by molar-refractivity contribution is 5.94. The molecule has 30 heavy (non-hydrogen) atoms. The van der Waals surface area contributed by atoms with Crippen LogP contribution in [0.3, 0.4) is 0 Å². The van der Waals surface area contributed by atoms with E-state index in [1.807, 2.05) is 11.0 Å². The van der Waals surface area contributed by atoms with Crippen molar-refractivity contribution in [2.45, 2.75) is 57.4 Å². The minimum Gasteiger partial charge on any atom is -0.481 e. The number of nitrogens with zero attached hydrogens (tertiary/aromatic N) is 2. The first-order valence-corrected chi connectivity index (χ1v) is 10.8. The van der Waals surface area contributed by atoms with Gasteiger partial charge in [0, 0.05) is 31.2 Å². The number of carbonyl (C=O) groups is 2. The molecular weight excluding hydrogens is 409 g/mol. The van der Waals surface area contributed by atoms with Crippen molar-refractivity contribution in [1.82, 2.24) is 10.2 Å². The molecule has 2 aliphatic heterocycles. The van der Waals surface area contributed by atoms with E-state index in [1.165, 1.54) is 6.07 Å². The van der Waals surface area contributed by atoms with Gasteiger partial charge in [0.2, 0.25) is 0 Å². The van der Waals surface area contributed by atoms with Crippen LogP contribution in [0.5, 0.6) is 0 Å². The Morgan fingerprint density at radius 2 is 1.87 bits per heavy atom. The molecule has 1 aromatic rings. The molecule has 3 aliphatic rings. The normalized spacial score (nSPS) is 24.2. The number of aliphatic carboxylic acids is 1. The zero-order chi connectivity index (χ0) is 20.4. The van der Waals surface area contributed by atoms with Gasteiger partial charge in [-0.2, -0.15) is 0 Å². The molecule has 4 rings (SSSR count). The first kappa shape index (κ1) is 22.8. The predicted octanol–water partition coefficient (Wildman–Crippen LogP) is 3.60. The molecular formula is C22H31ClFN3O3. The van der Waals surface area contributed by atoms with Gasteiger partial charge in [-0.3, -0.25) is 9.69 Å². The number of amides is 2. The third-order valence-corrected chi connectivity index (χ3v) is 6.77. The first-order chi connectivity index (χ1) is 14.0. The Morgan fingerprint density at radius 3 is 2.60 bits per heavy atom. The average Bonchev–Trinajstić information content (AvgIpc) is 2.93. The van der Waals surface area contributed by atoms with Crippen LogP contribution in [0.25, 0.3) is 0 Å². The van der Waals surface area contributed by atoms with Gasteiger partial charge in [0.25, 0.3) is 0 Å². The Labute approximate surface area is 183 Å². The minimum atomic E-state index is -0.735. The summed E-state index contributed by atoms with van der Waals surface area (Å²) in [5.74, 6) is -0.490. The highest BCUT2D eigenvalue weighted by Crippen LogP contribution is 2.34. The van der Waals surface area contributed by atoms with Gasteiger partial charge in [-0.05, 0) is 87.2 Å². The van der Waals surface area contributed by atoms with Crippen molar-refractivity contribution in [2.75, 3.05) is 31.1 Å². The SMILES string of the molecule is Cl.O=C(O)CC[C@H]1CC[C@H](N2CCN(c3cc(F)c4c(c3)CCNCC4)C2=O)CC1. The predicted molar refractivity (Wildman–Crippen MR) is 116 cm³/mol. The number of nitrogens with one attached hydrogen (secondary N) is 1. The van der Waals surface area contributed by atoms with E-state index in [-0.39, 0.29) is 36.7 Å². The fraction of sp³-hybridized carbons (Fsp3) is 0.636. The monoisotopic (exact) mass is 439 g/mol. The lowest BCUT2D eigenvalue weighted by Crippen LogP contribution is -2.41. The van der Waals surface area contributed by atoms with E-state index in [0.717, 1.165) is 62.7 Å².